The number of carboxylic acid groups (broad SMARTS) is 1. The predicted octanol–water partition coefficient (Wildman–Crippen LogP) is 2.13. The molecule has 0 atom stereocenters. The second-order valence-electron chi connectivity index (χ2n) is 6.04. The number of imidazole rings is 1. The molecule has 1 aromatic carbocycles. The molecule has 0 unspecified atom stereocenters. The molecule has 0 spiro atoms. The first-order valence-electron chi connectivity index (χ1n) is 8.22. The number of nitriles is 1. The lowest BCUT2D eigenvalue weighted by Gasteiger charge is -2.09. The number of carboxylic acids is 1. The quantitative estimate of drug-likeness (QED) is 0.874. The lowest BCUT2D eigenvalue weighted by atomic mass is 9.96. The Labute approximate surface area is 146 Å². The van der Waals surface area contributed by atoms with Crippen molar-refractivity contribution >= 4 is 15.8 Å². The van der Waals surface area contributed by atoms with Crippen molar-refractivity contribution in [2.24, 2.45) is 7.05 Å². The maximum absolute atomic E-state index is 12.3. The van der Waals surface area contributed by atoms with E-state index in [1.54, 1.807) is 18.2 Å². The maximum atomic E-state index is 12.3. The number of hydrogen-bond acceptors (Lipinski definition) is 5. The monoisotopic (exact) mass is 360 g/mol. The van der Waals surface area contributed by atoms with E-state index in [0.717, 1.165) is 18.4 Å². The fraction of sp³-hybridized carbons (Fsp3) is 0.353. The smallest absolute Gasteiger partial charge is 0.357 e. The highest BCUT2D eigenvalue weighted by Crippen LogP contribution is 2.47. The number of aromatic carboxylic acids is 1. The van der Waals surface area contributed by atoms with Gasteiger partial charge in [0.2, 0.25) is 0 Å². The van der Waals surface area contributed by atoms with E-state index in [4.69, 9.17) is 1.37 Å². The van der Waals surface area contributed by atoms with Crippen LogP contribution in [-0.2, 0) is 22.3 Å². The van der Waals surface area contributed by atoms with Gasteiger partial charge in [-0.2, -0.15) is 5.26 Å². The summed E-state index contributed by atoms with van der Waals surface area (Å²) in [5.41, 5.74) is -0.0461. The summed E-state index contributed by atoms with van der Waals surface area (Å²) in [5.74, 6) is -1.61. The topological polar surface area (TPSA) is 113 Å². The van der Waals surface area contributed by atoms with Crippen LogP contribution in [0.15, 0.2) is 29.3 Å². The average molecular weight is 360 g/mol. The molecule has 1 aliphatic carbocycles. The van der Waals surface area contributed by atoms with Crippen molar-refractivity contribution in [3.63, 3.8) is 0 Å². The summed E-state index contributed by atoms with van der Waals surface area (Å²) in [6.07, 6.45) is 1.49. The molecule has 0 saturated heterocycles. The molecule has 7 nitrogen and oxygen atoms in total. The first-order valence-corrected chi connectivity index (χ1v) is 9.37. The molecule has 1 heterocycles. The van der Waals surface area contributed by atoms with Crippen LogP contribution in [0.3, 0.4) is 0 Å². The van der Waals surface area contributed by atoms with E-state index in [1.165, 1.54) is 18.5 Å². The molecule has 1 aromatic heterocycles. The van der Waals surface area contributed by atoms with Crippen LogP contribution in [0.2, 0.25) is 0 Å². The van der Waals surface area contributed by atoms with Crippen LogP contribution in [0.4, 0.5) is 0 Å². The molecule has 2 aromatic rings. The van der Waals surface area contributed by atoms with E-state index >= 15 is 0 Å². The predicted molar refractivity (Wildman–Crippen MR) is 89.9 cm³/mol. The van der Waals surface area contributed by atoms with Gasteiger partial charge < -0.3 is 9.67 Å². The zero-order chi connectivity index (χ0) is 19.3. The Morgan fingerprint density at radius 3 is 2.64 bits per heavy atom. The Bertz CT molecular complexity index is 1060. The van der Waals surface area contributed by atoms with Gasteiger partial charge in [0.1, 0.15) is 5.82 Å². The van der Waals surface area contributed by atoms with Crippen LogP contribution in [0, 0.1) is 11.3 Å². The van der Waals surface area contributed by atoms with Crippen molar-refractivity contribution in [3.8, 4) is 17.5 Å². The molecular weight excluding hydrogens is 342 g/mol. The first-order chi connectivity index (χ1) is 12.2. The standard InChI is InChI=1S/C17H17N3O4S/c1-3-25(23,24)15-13(16(21)22)19-14(20(15)2)11-4-6-12(7-5-11)17(10-18)8-9-17/h4-7H,3,8-9H2,1-2H3,(H,21,22)/i4D. The molecular formula is C17H17N3O4S. The molecule has 0 amide bonds. The normalized spacial score (nSPS) is 16.1. The van der Waals surface area contributed by atoms with Crippen LogP contribution < -0.4 is 0 Å². The van der Waals surface area contributed by atoms with Crippen molar-refractivity contribution in [3.05, 3.63) is 35.5 Å². The van der Waals surface area contributed by atoms with Crippen molar-refractivity contribution in [2.45, 2.75) is 30.2 Å². The van der Waals surface area contributed by atoms with Crippen LogP contribution in [0.5, 0.6) is 0 Å². The highest BCUT2D eigenvalue weighted by molar-refractivity contribution is 7.91. The second kappa shape index (κ2) is 5.70. The van der Waals surface area contributed by atoms with Gasteiger partial charge >= 0.3 is 5.97 Å². The Morgan fingerprint density at radius 2 is 2.16 bits per heavy atom. The summed E-state index contributed by atoms with van der Waals surface area (Å²) in [7, 11) is -2.40. The average Bonchev–Trinajstić information content (AvgIpc) is 3.32. The molecule has 0 bridgehead atoms. The molecule has 1 aliphatic rings. The lowest BCUT2D eigenvalue weighted by Crippen LogP contribution is -2.14. The third kappa shape index (κ3) is 2.70. The van der Waals surface area contributed by atoms with Gasteiger partial charge in [0, 0.05) is 12.6 Å². The number of carbonyl (C=O) groups is 1. The van der Waals surface area contributed by atoms with Gasteiger partial charge in [0.25, 0.3) is 0 Å². The van der Waals surface area contributed by atoms with E-state index in [-0.39, 0.29) is 22.6 Å². The first kappa shape index (κ1) is 15.8. The number of aromatic nitrogens is 2. The van der Waals surface area contributed by atoms with E-state index < -0.39 is 26.9 Å². The van der Waals surface area contributed by atoms with Crippen LogP contribution in [-0.4, -0.2) is 34.8 Å². The van der Waals surface area contributed by atoms with Gasteiger partial charge in [0.05, 0.1) is 18.6 Å². The van der Waals surface area contributed by atoms with Crippen LogP contribution in [0.25, 0.3) is 11.4 Å². The number of rotatable bonds is 5. The molecule has 1 fully saturated rings. The Morgan fingerprint density at radius 1 is 1.48 bits per heavy atom. The molecule has 1 N–H and O–H groups in total. The van der Waals surface area contributed by atoms with Gasteiger partial charge in [-0.1, -0.05) is 31.2 Å². The van der Waals surface area contributed by atoms with Gasteiger partial charge in [0.15, 0.2) is 20.6 Å². The Kier molecular flexibility index (Phi) is 3.62. The summed E-state index contributed by atoms with van der Waals surface area (Å²) in [6.45, 7) is 1.43. The minimum absolute atomic E-state index is 0.0644. The zero-order valence-corrected chi connectivity index (χ0v) is 14.6. The molecule has 0 aliphatic heterocycles. The number of hydrogen-bond donors (Lipinski definition) is 1. The molecule has 8 heteroatoms. The van der Waals surface area contributed by atoms with E-state index in [0.29, 0.717) is 5.56 Å². The van der Waals surface area contributed by atoms with Crippen molar-refractivity contribution in [1.29, 1.82) is 5.26 Å². The largest absolute Gasteiger partial charge is 0.476 e. The van der Waals surface area contributed by atoms with Gasteiger partial charge in [-0.05, 0) is 18.4 Å². The highest BCUT2D eigenvalue weighted by atomic mass is 32.2. The SMILES string of the molecule is [2H]c1cc(C2(C#N)CC2)ccc1-c1nc(C(=O)O)c(S(=O)(=O)CC)n1C. The number of sulfone groups is 1. The van der Waals surface area contributed by atoms with Crippen LogP contribution in [0.1, 0.15) is 37.2 Å². The summed E-state index contributed by atoms with van der Waals surface area (Å²) in [4.78, 5) is 15.5. The van der Waals surface area contributed by atoms with E-state index in [9.17, 15) is 23.6 Å². The summed E-state index contributed by atoms with van der Waals surface area (Å²) in [6, 6.07) is 7.19. The van der Waals surface area contributed by atoms with Crippen LogP contribution >= 0.6 is 0 Å². The molecule has 130 valence electrons. The Hall–Kier alpha value is -2.66. The van der Waals surface area contributed by atoms with Crippen molar-refractivity contribution in [2.75, 3.05) is 5.75 Å². The summed E-state index contributed by atoms with van der Waals surface area (Å²) >= 11 is 0. The fourth-order valence-corrected chi connectivity index (χ4v) is 4.01. The third-order valence-corrected chi connectivity index (χ3v) is 6.31. The van der Waals surface area contributed by atoms with Gasteiger partial charge in [-0.3, -0.25) is 0 Å². The lowest BCUT2D eigenvalue weighted by molar-refractivity contribution is 0.0686. The van der Waals surface area contributed by atoms with Gasteiger partial charge in [-0.15, -0.1) is 0 Å². The number of nitrogens with zero attached hydrogens (tertiary/aromatic N) is 3. The molecule has 25 heavy (non-hydrogen) atoms. The van der Waals surface area contributed by atoms with Gasteiger partial charge in [-0.25, -0.2) is 18.2 Å². The molecule has 1 saturated carbocycles. The molecule has 0 radical (unpaired) electrons. The van der Waals surface area contributed by atoms with E-state index in [1.807, 2.05) is 0 Å². The maximum Gasteiger partial charge on any atom is 0.357 e. The fourth-order valence-electron chi connectivity index (χ4n) is 2.81. The van der Waals surface area contributed by atoms with Crippen molar-refractivity contribution < 1.29 is 19.7 Å². The summed E-state index contributed by atoms with van der Waals surface area (Å²) < 4.78 is 34.1. The minimum atomic E-state index is -3.81. The third-order valence-electron chi connectivity index (χ3n) is 4.49. The minimum Gasteiger partial charge on any atom is -0.476 e. The zero-order valence-electron chi connectivity index (χ0n) is 14.8. The second-order valence-corrected chi connectivity index (χ2v) is 8.24. The van der Waals surface area contributed by atoms with E-state index in [2.05, 4.69) is 11.1 Å². The highest BCUT2D eigenvalue weighted by Gasteiger charge is 2.44. The Balaban J connectivity index is 2.18. The molecule has 3 rings (SSSR count). The summed E-state index contributed by atoms with van der Waals surface area (Å²) in [5, 5.41) is 18.3. The number of benzene rings is 1. The van der Waals surface area contributed by atoms with Crippen molar-refractivity contribution in [1.82, 2.24) is 9.55 Å².